The molecule has 0 saturated carbocycles. The molecule has 8 heteroatoms. The highest BCUT2D eigenvalue weighted by atomic mass is 32.1. The molecule has 1 aliphatic heterocycles. The highest BCUT2D eigenvalue weighted by molar-refractivity contribution is 6.99. The first kappa shape index (κ1) is 33.5. The van der Waals surface area contributed by atoms with E-state index < -0.39 is 6.16 Å². The maximum atomic E-state index is 12.8. The molecule has 2 rings (SSSR count). The second-order valence-electron chi connectivity index (χ2n) is 12.5. The Kier molecular flexibility index (Phi) is 15.4. The zero-order chi connectivity index (χ0) is 28.6. The second kappa shape index (κ2) is 17.9. The molecule has 0 amide bonds. The summed E-state index contributed by atoms with van der Waals surface area (Å²) >= 11 is 1.19. The molecule has 0 aromatic carbocycles. The second-order valence-corrected chi connectivity index (χ2v) is 13.0. The number of hydrogen-bond acceptors (Lipinski definition) is 7. The van der Waals surface area contributed by atoms with E-state index in [-0.39, 0.29) is 11.6 Å². The van der Waals surface area contributed by atoms with Gasteiger partial charge in [-0.05, 0) is 12.8 Å². The van der Waals surface area contributed by atoms with Gasteiger partial charge < -0.3 is 14.2 Å². The Morgan fingerprint density at radius 1 is 0.923 bits per heavy atom. The summed E-state index contributed by atoms with van der Waals surface area (Å²) in [5.74, 6) is 0.629. The van der Waals surface area contributed by atoms with Crippen molar-refractivity contribution in [3.8, 4) is 5.88 Å². The molecule has 0 fully saturated rings. The van der Waals surface area contributed by atoms with Gasteiger partial charge >= 0.3 is 6.16 Å². The van der Waals surface area contributed by atoms with E-state index in [1.807, 2.05) is 0 Å². The van der Waals surface area contributed by atoms with Crippen LogP contribution in [0.2, 0.25) is 0 Å². The van der Waals surface area contributed by atoms with Crippen LogP contribution in [0.4, 0.5) is 4.79 Å². The van der Waals surface area contributed by atoms with Crippen LogP contribution in [0.3, 0.4) is 0 Å². The van der Waals surface area contributed by atoms with Crippen molar-refractivity contribution in [2.45, 2.75) is 131 Å². The summed E-state index contributed by atoms with van der Waals surface area (Å²) in [6.45, 7) is 13.5. The van der Waals surface area contributed by atoms with Gasteiger partial charge in [-0.25, -0.2) is 4.79 Å². The van der Waals surface area contributed by atoms with Crippen molar-refractivity contribution >= 4 is 23.5 Å². The van der Waals surface area contributed by atoms with Gasteiger partial charge in [0.25, 0.3) is 5.88 Å². The Bertz CT molecular complexity index is 851. The van der Waals surface area contributed by atoms with Gasteiger partial charge in [0.1, 0.15) is 12.2 Å². The number of likely N-dealkylation sites (N-methyl/N-ethyl adjacent to an activating group) is 1. The first-order valence-electron chi connectivity index (χ1n) is 15.5. The van der Waals surface area contributed by atoms with E-state index in [9.17, 15) is 4.79 Å². The number of carbonyl (C=O) groups is 1. The summed E-state index contributed by atoms with van der Waals surface area (Å²) in [5.41, 5.74) is 1.69. The van der Waals surface area contributed by atoms with Crippen LogP contribution in [0.15, 0.2) is 6.08 Å². The van der Waals surface area contributed by atoms with E-state index in [4.69, 9.17) is 14.2 Å². The van der Waals surface area contributed by atoms with Crippen LogP contribution in [-0.2, 0) is 9.47 Å². The van der Waals surface area contributed by atoms with Gasteiger partial charge in [0.05, 0.1) is 43.9 Å². The average Bonchev–Trinajstić information content (AvgIpc) is 3.36. The van der Waals surface area contributed by atoms with Crippen LogP contribution in [0.5, 0.6) is 5.88 Å². The predicted molar refractivity (Wildman–Crippen MR) is 161 cm³/mol. The zero-order valence-corrected chi connectivity index (χ0v) is 26.6. The minimum Gasteiger partial charge on any atom is -0.475 e. The molecule has 224 valence electrons. The van der Waals surface area contributed by atoms with Gasteiger partial charge in [0.2, 0.25) is 6.23 Å². The normalized spacial score (nSPS) is 18.5. The van der Waals surface area contributed by atoms with Crippen LogP contribution in [0.25, 0.3) is 5.57 Å². The average molecular weight is 567 g/mol. The summed E-state index contributed by atoms with van der Waals surface area (Å²) in [7, 11) is 2.17. The fourth-order valence-electron chi connectivity index (χ4n) is 5.54. The van der Waals surface area contributed by atoms with Crippen LogP contribution in [0, 0.1) is 5.41 Å². The molecule has 1 aromatic heterocycles. The van der Waals surface area contributed by atoms with Gasteiger partial charge in [-0.1, -0.05) is 111 Å². The highest BCUT2D eigenvalue weighted by Gasteiger charge is 2.46. The molecule has 2 heterocycles. The number of rotatable bonds is 19. The number of unbranched alkanes of at least 4 members (excludes halogenated alkanes) is 11. The third kappa shape index (κ3) is 12.2. The lowest BCUT2D eigenvalue weighted by Gasteiger charge is -2.47. The fourth-order valence-corrected chi connectivity index (χ4v) is 6.07. The Labute approximate surface area is 242 Å². The van der Waals surface area contributed by atoms with E-state index in [1.54, 1.807) is 0 Å². The minimum absolute atomic E-state index is 0.257. The molecule has 2 atom stereocenters. The van der Waals surface area contributed by atoms with Crippen molar-refractivity contribution in [3.05, 3.63) is 11.8 Å². The number of carbonyl (C=O) groups excluding carboxylic acids is 1. The SMILES string of the molecule is CCCCCCCCCCCOC(=O)OC(C(C)(C)C)[N+]1(C)CCC=C(c2nsnc2OCCCCCC)C1. The van der Waals surface area contributed by atoms with Gasteiger partial charge in [-0.15, -0.1) is 4.37 Å². The summed E-state index contributed by atoms with van der Waals surface area (Å²) in [6.07, 6.45) is 17.9. The van der Waals surface area contributed by atoms with Crippen molar-refractivity contribution in [2.75, 3.05) is 33.4 Å². The molecular weight excluding hydrogens is 510 g/mol. The number of aromatic nitrogens is 2. The third-order valence-corrected chi connectivity index (χ3v) is 8.06. The number of hydrogen-bond donors (Lipinski definition) is 0. The highest BCUT2D eigenvalue weighted by Crippen LogP contribution is 2.37. The number of ether oxygens (including phenoxy) is 3. The van der Waals surface area contributed by atoms with Gasteiger partial charge in [-0.3, -0.25) is 4.48 Å². The van der Waals surface area contributed by atoms with Crippen LogP contribution < -0.4 is 4.74 Å². The summed E-state index contributed by atoms with van der Waals surface area (Å²) < 4.78 is 27.2. The fraction of sp³-hybridized carbons (Fsp3) is 0.839. The first-order valence-corrected chi connectivity index (χ1v) is 16.3. The van der Waals surface area contributed by atoms with E-state index in [0.717, 1.165) is 43.5 Å². The molecule has 0 N–H and O–H groups in total. The lowest BCUT2D eigenvalue weighted by atomic mass is 9.90. The maximum Gasteiger partial charge on any atom is 0.512 e. The first-order chi connectivity index (χ1) is 18.7. The third-order valence-electron chi connectivity index (χ3n) is 7.54. The van der Waals surface area contributed by atoms with Crippen molar-refractivity contribution in [3.63, 3.8) is 0 Å². The van der Waals surface area contributed by atoms with Crippen molar-refractivity contribution in [1.29, 1.82) is 0 Å². The topological polar surface area (TPSA) is 70.5 Å². The Balaban J connectivity index is 1.87. The largest absolute Gasteiger partial charge is 0.512 e. The molecule has 0 bridgehead atoms. The van der Waals surface area contributed by atoms with Crippen molar-refractivity contribution < 1.29 is 23.5 Å². The molecule has 0 saturated heterocycles. The molecule has 0 aliphatic carbocycles. The van der Waals surface area contributed by atoms with E-state index in [1.165, 1.54) is 75.9 Å². The molecule has 1 aromatic rings. The lowest BCUT2D eigenvalue weighted by molar-refractivity contribution is -0.954. The van der Waals surface area contributed by atoms with E-state index >= 15 is 0 Å². The van der Waals surface area contributed by atoms with Gasteiger partial charge in [0, 0.05) is 12.0 Å². The number of quaternary nitrogens is 1. The summed E-state index contributed by atoms with van der Waals surface area (Å²) in [5, 5.41) is 0. The monoisotopic (exact) mass is 566 g/mol. The van der Waals surface area contributed by atoms with Crippen molar-refractivity contribution in [2.24, 2.45) is 5.41 Å². The molecular formula is C31H56N3O4S+. The van der Waals surface area contributed by atoms with Crippen LogP contribution in [-0.4, -0.2) is 59.0 Å². The smallest absolute Gasteiger partial charge is 0.475 e. The quantitative estimate of drug-likeness (QED) is 0.0947. The van der Waals surface area contributed by atoms with E-state index in [0.29, 0.717) is 30.1 Å². The lowest BCUT2D eigenvalue weighted by Crippen LogP contribution is -2.61. The van der Waals surface area contributed by atoms with Crippen molar-refractivity contribution in [1.82, 2.24) is 8.75 Å². The Hall–Kier alpha value is -1.67. The molecule has 7 nitrogen and oxygen atoms in total. The predicted octanol–water partition coefficient (Wildman–Crippen LogP) is 8.79. The minimum atomic E-state index is -0.559. The summed E-state index contributed by atoms with van der Waals surface area (Å²) in [6, 6.07) is 0. The van der Waals surface area contributed by atoms with Crippen LogP contribution >= 0.6 is 11.7 Å². The Morgan fingerprint density at radius 3 is 2.15 bits per heavy atom. The van der Waals surface area contributed by atoms with E-state index in [2.05, 4.69) is 56.5 Å². The Morgan fingerprint density at radius 2 is 1.51 bits per heavy atom. The molecule has 0 spiro atoms. The standard InChI is InChI=1S/C31H56N3O4S/c1-7-9-11-13-14-15-16-17-19-24-37-30(35)38-29(31(3,4)5)34(6)22-20-21-26(25-34)27-28(33-39-32-27)36-23-18-12-10-8-2/h21,29H,7-20,22-25H2,1-6H3/q+1. The number of nitrogens with zero attached hydrogens (tertiary/aromatic N) is 3. The summed E-state index contributed by atoms with van der Waals surface area (Å²) in [4.78, 5) is 12.8. The molecule has 2 unspecified atom stereocenters. The van der Waals surface area contributed by atoms with Gasteiger partial charge in [0.15, 0.2) is 0 Å². The maximum absolute atomic E-state index is 12.8. The molecule has 0 radical (unpaired) electrons. The molecule has 1 aliphatic rings. The van der Waals surface area contributed by atoms with Crippen LogP contribution in [0.1, 0.15) is 130 Å². The van der Waals surface area contributed by atoms with Gasteiger partial charge in [-0.2, -0.15) is 4.37 Å². The molecule has 39 heavy (non-hydrogen) atoms. The zero-order valence-electron chi connectivity index (χ0n) is 25.8.